The summed E-state index contributed by atoms with van der Waals surface area (Å²) in [5.41, 5.74) is 3.00. The van der Waals surface area contributed by atoms with E-state index in [0.29, 0.717) is 5.92 Å². The number of hydrogen-bond donors (Lipinski definition) is 0. The first-order valence-electron chi connectivity index (χ1n) is 6.83. The summed E-state index contributed by atoms with van der Waals surface area (Å²) in [6.07, 6.45) is 6.48. The topological polar surface area (TPSA) is 30.7 Å². The minimum atomic E-state index is 0.536. The predicted molar refractivity (Wildman–Crippen MR) is 71.5 cm³/mol. The molecule has 0 saturated carbocycles. The Morgan fingerprint density at radius 2 is 2.11 bits per heavy atom. The Morgan fingerprint density at radius 3 is 2.94 bits per heavy atom. The van der Waals surface area contributed by atoms with Crippen molar-refractivity contribution in [3.8, 4) is 0 Å². The van der Waals surface area contributed by atoms with Gasteiger partial charge in [-0.3, -0.25) is 0 Å². The van der Waals surface area contributed by atoms with Crippen LogP contribution in [-0.2, 0) is 19.4 Å². The van der Waals surface area contributed by atoms with Gasteiger partial charge >= 0.3 is 0 Å². The first-order valence-corrected chi connectivity index (χ1v) is 6.83. The summed E-state index contributed by atoms with van der Waals surface area (Å²) in [4.78, 5) is 0. The molecule has 3 nitrogen and oxygen atoms in total. The Morgan fingerprint density at radius 1 is 1.28 bits per heavy atom. The van der Waals surface area contributed by atoms with Crippen LogP contribution in [0.2, 0.25) is 0 Å². The van der Waals surface area contributed by atoms with Gasteiger partial charge in [0.25, 0.3) is 0 Å². The molecular formula is C15H19N3. The second-order valence-electron chi connectivity index (χ2n) is 5.09. The van der Waals surface area contributed by atoms with Crippen molar-refractivity contribution in [2.75, 3.05) is 0 Å². The molecule has 2 aromatic rings. The maximum Gasteiger partial charge on any atom is 0.136 e. The van der Waals surface area contributed by atoms with Crippen LogP contribution in [0.1, 0.15) is 42.6 Å². The van der Waals surface area contributed by atoms with Crippen LogP contribution in [0.3, 0.4) is 0 Å². The predicted octanol–water partition coefficient (Wildman–Crippen LogP) is 2.96. The highest BCUT2D eigenvalue weighted by atomic mass is 15.3. The van der Waals surface area contributed by atoms with Crippen molar-refractivity contribution in [2.24, 2.45) is 0 Å². The zero-order chi connectivity index (χ0) is 12.4. The summed E-state index contributed by atoms with van der Waals surface area (Å²) in [6, 6.07) is 8.78. The highest BCUT2D eigenvalue weighted by molar-refractivity contribution is 5.31. The molecule has 0 aliphatic heterocycles. The molecule has 1 aliphatic rings. The van der Waals surface area contributed by atoms with Gasteiger partial charge in [0.05, 0.1) is 0 Å². The second-order valence-corrected chi connectivity index (χ2v) is 5.09. The van der Waals surface area contributed by atoms with Crippen LogP contribution in [0, 0.1) is 0 Å². The van der Waals surface area contributed by atoms with Crippen LogP contribution in [0.5, 0.6) is 0 Å². The van der Waals surface area contributed by atoms with Gasteiger partial charge in [0, 0.05) is 12.5 Å². The molecular weight excluding hydrogens is 222 g/mol. The fourth-order valence-electron chi connectivity index (χ4n) is 2.91. The lowest BCUT2D eigenvalue weighted by molar-refractivity contribution is 0.513. The molecule has 94 valence electrons. The summed E-state index contributed by atoms with van der Waals surface area (Å²) in [7, 11) is 0. The number of fused-ring (bicyclic) bond motifs is 1. The Kier molecular flexibility index (Phi) is 3.13. The zero-order valence-electron chi connectivity index (χ0n) is 10.8. The van der Waals surface area contributed by atoms with Gasteiger partial charge in [-0.2, -0.15) is 0 Å². The van der Waals surface area contributed by atoms with Gasteiger partial charge in [-0.15, -0.1) is 10.2 Å². The molecule has 1 unspecified atom stereocenters. The number of benzene rings is 1. The average molecular weight is 241 g/mol. The van der Waals surface area contributed by atoms with Crippen molar-refractivity contribution in [2.45, 2.75) is 45.1 Å². The maximum absolute atomic E-state index is 4.34. The van der Waals surface area contributed by atoms with E-state index in [1.165, 1.54) is 29.8 Å². The molecule has 1 heterocycles. The molecule has 0 bridgehead atoms. The molecule has 0 fully saturated rings. The van der Waals surface area contributed by atoms with E-state index in [4.69, 9.17) is 0 Å². The van der Waals surface area contributed by atoms with E-state index in [9.17, 15) is 0 Å². The molecule has 1 aromatic heterocycles. The van der Waals surface area contributed by atoms with Crippen LogP contribution in [-0.4, -0.2) is 14.8 Å². The minimum absolute atomic E-state index is 0.536. The number of hydrogen-bond acceptors (Lipinski definition) is 2. The molecule has 0 amide bonds. The minimum Gasteiger partial charge on any atom is -0.317 e. The second kappa shape index (κ2) is 4.92. The van der Waals surface area contributed by atoms with Crippen LogP contribution in [0.25, 0.3) is 0 Å². The quantitative estimate of drug-likeness (QED) is 0.827. The summed E-state index contributed by atoms with van der Waals surface area (Å²) in [6.45, 7) is 3.22. The van der Waals surface area contributed by atoms with Crippen LogP contribution < -0.4 is 0 Å². The van der Waals surface area contributed by atoms with Crippen molar-refractivity contribution >= 4 is 0 Å². The van der Waals surface area contributed by atoms with Gasteiger partial charge in [0.2, 0.25) is 0 Å². The lowest BCUT2D eigenvalue weighted by Crippen LogP contribution is -2.17. The van der Waals surface area contributed by atoms with E-state index < -0.39 is 0 Å². The van der Waals surface area contributed by atoms with E-state index in [0.717, 1.165) is 19.4 Å². The lowest BCUT2D eigenvalue weighted by atomic mass is 9.83. The van der Waals surface area contributed by atoms with Crippen molar-refractivity contribution < 1.29 is 0 Å². The standard InChI is InChI=1S/C15H19N3/c1-2-9-18-11-16-17-15(18)14-8-7-12-5-3-4-6-13(12)10-14/h3-6,11,14H,2,7-10H2,1H3. The van der Waals surface area contributed by atoms with Crippen molar-refractivity contribution in [1.82, 2.24) is 14.8 Å². The molecule has 0 radical (unpaired) electrons. The van der Waals surface area contributed by atoms with E-state index in [-0.39, 0.29) is 0 Å². The molecule has 1 aliphatic carbocycles. The smallest absolute Gasteiger partial charge is 0.136 e. The lowest BCUT2D eigenvalue weighted by Gasteiger charge is -2.24. The molecule has 0 saturated heterocycles. The highest BCUT2D eigenvalue weighted by Crippen LogP contribution is 2.31. The number of aryl methyl sites for hydroxylation is 2. The molecule has 1 aromatic carbocycles. The SMILES string of the molecule is CCCn1cnnc1C1CCc2ccccc2C1. The Hall–Kier alpha value is -1.64. The monoisotopic (exact) mass is 241 g/mol. The first kappa shape index (κ1) is 11.5. The maximum atomic E-state index is 4.34. The van der Waals surface area contributed by atoms with Gasteiger partial charge < -0.3 is 4.57 Å². The Bertz CT molecular complexity index is 530. The normalized spacial score (nSPS) is 18.6. The Labute approximate surface area is 108 Å². The summed E-state index contributed by atoms with van der Waals surface area (Å²) >= 11 is 0. The van der Waals surface area contributed by atoms with Gasteiger partial charge in [-0.1, -0.05) is 31.2 Å². The fraction of sp³-hybridized carbons (Fsp3) is 0.467. The molecule has 0 N–H and O–H groups in total. The third-order valence-corrected chi connectivity index (χ3v) is 3.82. The zero-order valence-corrected chi connectivity index (χ0v) is 10.8. The van der Waals surface area contributed by atoms with Crippen LogP contribution >= 0.6 is 0 Å². The number of rotatable bonds is 3. The van der Waals surface area contributed by atoms with Gasteiger partial charge in [-0.05, 0) is 36.8 Å². The number of nitrogens with zero attached hydrogens (tertiary/aromatic N) is 3. The van der Waals surface area contributed by atoms with Gasteiger partial charge in [0.15, 0.2) is 0 Å². The largest absolute Gasteiger partial charge is 0.317 e. The first-order chi connectivity index (χ1) is 8.88. The summed E-state index contributed by atoms with van der Waals surface area (Å²) < 4.78 is 2.22. The van der Waals surface area contributed by atoms with E-state index in [1.54, 1.807) is 0 Å². The number of aromatic nitrogens is 3. The van der Waals surface area contributed by atoms with E-state index in [2.05, 4.69) is 46.0 Å². The van der Waals surface area contributed by atoms with Gasteiger partial charge in [-0.25, -0.2) is 0 Å². The average Bonchev–Trinajstić information content (AvgIpc) is 2.87. The van der Waals surface area contributed by atoms with Gasteiger partial charge in [0.1, 0.15) is 12.2 Å². The van der Waals surface area contributed by atoms with Crippen molar-refractivity contribution in [3.63, 3.8) is 0 Å². The highest BCUT2D eigenvalue weighted by Gasteiger charge is 2.23. The van der Waals surface area contributed by atoms with E-state index in [1.807, 2.05) is 6.33 Å². The molecule has 1 atom stereocenters. The summed E-state index contributed by atoms with van der Waals surface area (Å²) in [5.74, 6) is 1.71. The third-order valence-electron chi connectivity index (χ3n) is 3.82. The molecule has 3 heteroatoms. The van der Waals surface area contributed by atoms with Crippen molar-refractivity contribution in [1.29, 1.82) is 0 Å². The third kappa shape index (κ3) is 2.05. The molecule has 0 spiro atoms. The van der Waals surface area contributed by atoms with Crippen molar-refractivity contribution in [3.05, 3.63) is 47.5 Å². The van der Waals surface area contributed by atoms with Crippen LogP contribution in [0.4, 0.5) is 0 Å². The van der Waals surface area contributed by atoms with Crippen LogP contribution in [0.15, 0.2) is 30.6 Å². The fourth-order valence-corrected chi connectivity index (χ4v) is 2.91. The molecule has 3 rings (SSSR count). The Balaban J connectivity index is 1.85. The molecule has 18 heavy (non-hydrogen) atoms. The summed E-state index contributed by atoms with van der Waals surface area (Å²) in [5, 5.41) is 8.43. The van der Waals surface area contributed by atoms with E-state index >= 15 is 0 Å².